The number of thioether (sulfide) groups is 1. The molecule has 0 saturated carbocycles. The van der Waals surface area contributed by atoms with E-state index < -0.39 is 0 Å². The van der Waals surface area contributed by atoms with E-state index in [9.17, 15) is 4.79 Å². The Morgan fingerprint density at radius 1 is 1.19 bits per heavy atom. The van der Waals surface area contributed by atoms with E-state index in [0.717, 1.165) is 11.1 Å². The average Bonchev–Trinajstić information content (AvgIpc) is 3.21. The first kappa shape index (κ1) is 22.6. The van der Waals surface area contributed by atoms with Crippen LogP contribution in [0.15, 0.2) is 52.7 Å². The quantitative estimate of drug-likeness (QED) is 0.296. The van der Waals surface area contributed by atoms with Crippen LogP contribution in [0.1, 0.15) is 12.5 Å². The fraction of sp³-hybridized carbons (Fsp3) is 0.238. The van der Waals surface area contributed by atoms with E-state index in [1.807, 2.05) is 47.9 Å². The molecule has 0 spiro atoms. The fourth-order valence-electron chi connectivity index (χ4n) is 2.79. The van der Waals surface area contributed by atoms with Gasteiger partial charge in [-0.15, -0.1) is 10.2 Å². The number of nitrogens with one attached hydrogen (secondary N) is 1. The number of carbonyl (C=O) groups excluding carboxylic acids is 1. The minimum atomic E-state index is -0.258. The standard InChI is InChI=1S/C21H22ClN5O3S/c1-4-27-20(14-9-10-17(29-2)18(11-14)30-3)25-26-21(27)31-13-19(28)24-23-12-15-7-5-6-8-16(15)22/h5-12H,4,13H2,1-3H3,(H,24,28)/b23-12-. The van der Waals surface area contributed by atoms with Gasteiger partial charge in [0.05, 0.1) is 26.2 Å². The number of benzene rings is 2. The second-order valence-corrected chi connectivity index (χ2v) is 7.57. The molecule has 2 aromatic carbocycles. The average molecular weight is 460 g/mol. The number of rotatable bonds is 9. The van der Waals surface area contributed by atoms with Crippen molar-refractivity contribution in [2.45, 2.75) is 18.6 Å². The summed E-state index contributed by atoms with van der Waals surface area (Å²) in [5.74, 6) is 1.81. The van der Waals surface area contributed by atoms with Gasteiger partial charge in [0.25, 0.3) is 5.91 Å². The Morgan fingerprint density at radius 3 is 2.68 bits per heavy atom. The van der Waals surface area contributed by atoms with E-state index >= 15 is 0 Å². The van der Waals surface area contributed by atoms with Crippen LogP contribution in [0.3, 0.4) is 0 Å². The van der Waals surface area contributed by atoms with Crippen LogP contribution in [-0.2, 0) is 11.3 Å². The topological polar surface area (TPSA) is 90.6 Å². The van der Waals surface area contributed by atoms with E-state index in [1.165, 1.54) is 18.0 Å². The summed E-state index contributed by atoms with van der Waals surface area (Å²) in [6.07, 6.45) is 1.51. The highest BCUT2D eigenvalue weighted by atomic mass is 35.5. The molecule has 0 fully saturated rings. The van der Waals surface area contributed by atoms with Crippen molar-refractivity contribution in [3.8, 4) is 22.9 Å². The van der Waals surface area contributed by atoms with Crippen LogP contribution in [0.5, 0.6) is 11.5 Å². The maximum atomic E-state index is 12.2. The number of ether oxygens (including phenoxy) is 2. The summed E-state index contributed by atoms with van der Waals surface area (Å²) in [4.78, 5) is 12.2. The molecule has 3 rings (SSSR count). The van der Waals surface area contributed by atoms with Crippen LogP contribution >= 0.6 is 23.4 Å². The zero-order chi connectivity index (χ0) is 22.2. The van der Waals surface area contributed by atoms with Crippen molar-refractivity contribution in [2.24, 2.45) is 5.10 Å². The van der Waals surface area contributed by atoms with Crippen molar-refractivity contribution in [3.05, 3.63) is 53.1 Å². The number of hydrazone groups is 1. The summed E-state index contributed by atoms with van der Waals surface area (Å²) in [5.41, 5.74) is 4.06. The fourth-order valence-corrected chi connectivity index (χ4v) is 3.76. The van der Waals surface area contributed by atoms with Gasteiger partial charge < -0.3 is 14.0 Å². The summed E-state index contributed by atoms with van der Waals surface area (Å²) < 4.78 is 12.6. The van der Waals surface area contributed by atoms with Crippen molar-refractivity contribution in [1.82, 2.24) is 20.2 Å². The number of nitrogens with zero attached hydrogens (tertiary/aromatic N) is 4. The third-order valence-electron chi connectivity index (χ3n) is 4.31. The Kier molecular flexibility index (Phi) is 7.91. The molecule has 0 radical (unpaired) electrons. The molecule has 0 unspecified atom stereocenters. The minimum Gasteiger partial charge on any atom is -0.493 e. The molecule has 1 heterocycles. The van der Waals surface area contributed by atoms with E-state index in [1.54, 1.807) is 20.3 Å². The largest absolute Gasteiger partial charge is 0.493 e. The van der Waals surface area contributed by atoms with Gasteiger partial charge >= 0.3 is 0 Å². The van der Waals surface area contributed by atoms with Gasteiger partial charge in [-0.05, 0) is 31.2 Å². The summed E-state index contributed by atoms with van der Waals surface area (Å²) in [6.45, 7) is 2.64. The van der Waals surface area contributed by atoms with Gasteiger partial charge in [0, 0.05) is 22.7 Å². The first-order chi connectivity index (χ1) is 15.1. The highest BCUT2D eigenvalue weighted by molar-refractivity contribution is 7.99. The molecule has 10 heteroatoms. The summed E-state index contributed by atoms with van der Waals surface area (Å²) in [7, 11) is 3.17. The van der Waals surface area contributed by atoms with Gasteiger partial charge in [-0.25, -0.2) is 5.43 Å². The van der Waals surface area contributed by atoms with Gasteiger partial charge in [0.15, 0.2) is 22.5 Å². The predicted octanol–water partition coefficient (Wildman–Crippen LogP) is 3.88. The molecule has 1 N–H and O–H groups in total. The van der Waals surface area contributed by atoms with Gasteiger partial charge in [-0.3, -0.25) is 4.79 Å². The number of aromatic nitrogens is 3. The lowest BCUT2D eigenvalue weighted by molar-refractivity contribution is -0.118. The lowest BCUT2D eigenvalue weighted by atomic mass is 10.2. The normalized spacial score (nSPS) is 11.0. The lowest BCUT2D eigenvalue weighted by Crippen LogP contribution is -2.20. The Morgan fingerprint density at radius 2 is 1.97 bits per heavy atom. The van der Waals surface area contributed by atoms with Gasteiger partial charge in [-0.1, -0.05) is 41.6 Å². The zero-order valence-corrected chi connectivity index (χ0v) is 18.9. The first-order valence-electron chi connectivity index (χ1n) is 9.42. The SMILES string of the molecule is CCn1c(SCC(=O)N/N=C\c2ccccc2Cl)nnc1-c1ccc(OC)c(OC)c1. The molecule has 0 bridgehead atoms. The first-order valence-corrected chi connectivity index (χ1v) is 10.8. The van der Waals surface area contributed by atoms with Crippen LogP contribution in [0.4, 0.5) is 0 Å². The van der Waals surface area contributed by atoms with Gasteiger partial charge in [0.1, 0.15) is 0 Å². The predicted molar refractivity (Wildman–Crippen MR) is 122 cm³/mol. The third-order valence-corrected chi connectivity index (χ3v) is 5.62. The van der Waals surface area contributed by atoms with Crippen molar-refractivity contribution in [1.29, 1.82) is 0 Å². The molecular formula is C21H22ClN5O3S. The van der Waals surface area contributed by atoms with Crippen LogP contribution in [0, 0.1) is 0 Å². The van der Waals surface area contributed by atoms with Gasteiger partial charge in [0.2, 0.25) is 0 Å². The van der Waals surface area contributed by atoms with Crippen LogP contribution in [0.2, 0.25) is 5.02 Å². The Balaban J connectivity index is 1.66. The minimum absolute atomic E-state index is 0.143. The van der Waals surface area contributed by atoms with E-state index in [-0.39, 0.29) is 11.7 Å². The van der Waals surface area contributed by atoms with E-state index in [4.69, 9.17) is 21.1 Å². The van der Waals surface area contributed by atoms with Crippen molar-refractivity contribution in [2.75, 3.05) is 20.0 Å². The summed E-state index contributed by atoms with van der Waals surface area (Å²) in [5, 5.41) is 13.7. The molecule has 1 amide bonds. The van der Waals surface area contributed by atoms with E-state index in [2.05, 4.69) is 20.7 Å². The molecule has 0 aliphatic heterocycles. The number of hydrogen-bond donors (Lipinski definition) is 1. The maximum Gasteiger partial charge on any atom is 0.250 e. The second kappa shape index (κ2) is 10.8. The molecule has 1 aromatic heterocycles. The number of amides is 1. The van der Waals surface area contributed by atoms with Crippen molar-refractivity contribution < 1.29 is 14.3 Å². The van der Waals surface area contributed by atoms with Crippen molar-refractivity contribution in [3.63, 3.8) is 0 Å². The summed E-state index contributed by atoms with van der Waals surface area (Å²) in [6, 6.07) is 12.8. The lowest BCUT2D eigenvalue weighted by Gasteiger charge is -2.10. The molecule has 0 aliphatic carbocycles. The van der Waals surface area contributed by atoms with Crippen LogP contribution in [-0.4, -0.2) is 46.9 Å². The Bertz CT molecular complexity index is 1090. The molecule has 31 heavy (non-hydrogen) atoms. The van der Waals surface area contributed by atoms with Crippen LogP contribution < -0.4 is 14.9 Å². The molecule has 162 valence electrons. The second-order valence-electron chi connectivity index (χ2n) is 6.22. The molecular weight excluding hydrogens is 438 g/mol. The third kappa shape index (κ3) is 5.56. The Labute approximate surface area is 189 Å². The highest BCUT2D eigenvalue weighted by Gasteiger charge is 2.16. The monoisotopic (exact) mass is 459 g/mol. The summed E-state index contributed by atoms with van der Waals surface area (Å²) >= 11 is 7.35. The molecule has 8 nitrogen and oxygen atoms in total. The molecule has 0 aliphatic rings. The van der Waals surface area contributed by atoms with Crippen molar-refractivity contribution >= 4 is 35.5 Å². The maximum absolute atomic E-state index is 12.2. The Hall–Kier alpha value is -3.04. The highest BCUT2D eigenvalue weighted by Crippen LogP contribution is 2.32. The van der Waals surface area contributed by atoms with Crippen LogP contribution in [0.25, 0.3) is 11.4 Å². The molecule has 3 aromatic rings. The smallest absolute Gasteiger partial charge is 0.250 e. The zero-order valence-electron chi connectivity index (χ0n) is 17.3. The number of carbonyl (C=O) groups is 1. The molecule has 0 atom stereocenters. The number of hydrogen-bond acceptors (Lipinski definition) is 7. The number of methoxy groups -OCH3 is 2. The molecule has 0 saturated heterocycles. The van der Waals surface area contributed by atoms with Gasteiger partial charge in [-0.2, -0.15) is 5.10 Å². The number of halogens is 1. The van der Waals surface area contributed by atoms with E-state index in [0.29, 0.717) is 34.0 Å².